The van der Waals surface area contributed by atoms with Crippen molar-refractivity contribution in [1.29, 1.82) is 0 Å². The first-order valence-corrected chi connectivity index (χ1v) is 7.37. The van der Waals surface area contributed by atoms with Crippen molar-refractivity contribution in [2.75, 3.05) is 26.7 Å². The van der Waals surface area contributed by atoms with E-state index in [0.29, 0.717) is 23.9 Å². The third-order valence-corrected chi connectivity index (χ3v) is 3.92. The van der Waals surface area contributed by atoms with Gasteiger partial charge in [-0.15, -0.1) is 0 Å². The molecule has 1 unspecified atom stereocenters. The molecule has 1 aliphatic heterocycles. The van der Waals surface area contributed by atoms with Gasteiger partial charge in [0.05, 0.1) is 12.7 Å². The molecule has 4 nitrogen and oxygen atoms in total. The maximum absolute atomic E-state index is 12.2. The van der Waals surface area contributed by atoms with Crippen molar-refractivity contribution in [2.45, 2.75) is 32.2 Å². The number of likely N-dealkylation sites (tertiary alicyclic amines) is 1. The van der Waals surface area contributed by atoms with Crippen LogP contribution in [0.4, 0.5) is 0 Å². The van der Waals surface area contributed by atoms with E-state index in [0.717, 1.165) is 13.1 Å². The smallest absolute Gasteiger partial charge is 0.255 e. The Hall–Kier alpha value is -1.55. The van der Waals surface area contributed by atoms with E-state index in [1.165, 1.54) is 19.3 Å². The molecular weight excluding hydrogens is 252 g/mol. The van der Waals surface area contributed by atoms with Crippen molar-refractivity contribution < 1.29 is 9.53 Å². The summed E-state index contributed by atoms with van der Waals surface area (Å²) in [4.78, 5) is 14.7. The van der Waals surface area contributed by atoms with Crippen LogP contribution in [0.2, 0.25) is 0 Å². The number of hydrogen-bond acceptors (Lipinski definition) is 3. The molecule has 2 rings (SSSR count). The lowest BCUT2D eigenvalue weighted by atomic mass is 10.1. The Morgan fingerprint density at radius 2 is 2.00 bits per heavy atom. The van der Waals surface area contributed by atoms with Crippen molar-refractivity contribution in [3.8, 4) is 5.75 Å². The number of piperidine rings is 1. The van der Waals surface area contributed by atoms with Crippen LogP contribution in [-0.2, 0) is 0 Å². The molecule has 20 heavy (non-hydrogen) atoms. The first kappa shape index (κ1) is 14.9. The van der Waals surface area contributed by atoms with Gasteiger partial charge in [-0.25, -0.2) is 0 Å². The molecule has 1 aliphatic rings. The molecular formula is C16H24N2O2. The van der Waals surface area contributed by atoms with Gasteiger partial charge >= 0.3 is 0 Å². The number of carbonyl (C=O) groups excluding carboxylic acids is 1. The average molecular weight is 276 g/mol. The minimum atomic E-state index is -0.0636. The molecule has 1 atom stereocenters. The van der Waals surface area contributed by atoms with Crippen molar-refractivity contribution >= 4 is 5.91 Å². The molecule has 1 aromatic rings. The Bertz CT molecular complexity index is 442. The Balaban J connectivity index is 1.88. The molecule has 1 amide bonds. The van der Waals surface area contributed by atoms with Crippen LogP contribution in [0, 0.1) is 0 Å². The fourth-order valence-electron chi connectivity index (χ4n) is 2.66. The summed E-state index contributed by atoms with van der Waals surface area (Å²) >= 11 is 0. The van der Waals surface area contributed by atoms with Gasteiger partial charge in [0.2, 0.25) is 0 Å². The zero-order valence-electron chi connectivity index (χ0n) is 12.4. The summed E-state index contributed by atoms with van der Waals surface area (Å²) in [6.45, 7) is 5.14. The highest BCUT2D eigenvalue weighted by Gasteiger charge is 2.18. The molecule has 1 heterocycles. The number of para-hydroxylation sites is 1. The number of amides is 1. The van der Waals surface area contributed by atoms with Crippen molar-refractivity contribution in [3.63, 3.8) is 0 Å². The summed E-state index contributed by atoms with van der Waals surface area (Å²) in [6, 6.07) is 7.70. The molecule has 0 spiro atoms. The van der Waals surface area contributed by atoms with Gasteiger partial charge in [-0.3, -0.25) is 9.69 Å². The minimum Gasteiger partial charge on any atom is -0.496 e. The highest BCUT2D eigenvalue weighted by atomic mass is 16.5. The number of methoxy groups -OCH3 is 1. The second-order valence-electron chi connectivity index (χ2n) is 5.36. The fourth-order valence-corrected chi connectivity index (χ4v) is 2.66. The lowest BCUT2D eigenvalue weighted by Gasteiger charge is -2.32. The van der Waals surface area contributed by atoms with Crippen molar-refractivity contribution in [1.82, 2.24) is 10.2 Å². The van der Waals surface area contributed by atoms with Crippen LogP contribution < -0.4 is 10.1 Å². The van der Waals surface area contributed by atoms with Gasteiger partial charge in [0.25, 0.3) is 5.91 Å². The predicted molar refractivity (Wildman–Crippen MR) is 80.2 cm³/mol. The summed E-state index contributed by atoms with van der Waals surface area (Å²) < 4.78 is 5.22. The van der Waals surface area contributed by atoms with Gasteiger partial charge < -0.3 is 10.1 Å². The van der Waals surface area contributed by atoms with E-state index in [1.807, 2.05) is 18.2 Å². The summed E-state index contributed by atoms with van der Waals surface area (Å²) in [5.74, 6) is 0.557. The van der Waals surface area contributed by atoms with Crippen LogP contribution in [0.25, 0.3) is 0 Å². The molecule has 1 N–H and O–H groups in total. The van der Waals surface area contributed by atoms with Gasteiger partial charge in [0.15, 0.2) is 0 Å². The molecule has 1 aromatic carbocycles. The van der Waals surface area contributed by atoms with Crippen LogP contribution in [-0.4, -0.2) is 43.6 Å². The zero-order valence-corrected chi connectivity index (χ0v) is 12.4. The van der Waals surface area contributed by atoms with E-state index in [1.54, 1.807) is 13.2 Å². The number of benzene rings is 1. The van der Waals surface area contributed by atoms with Crippen LogP contribution >= 0.6 is 0 Å². The molecule has 0 saturated carbocycles. The molecule has 0 aliphatic carbocycles. The predicted octanol–water partition coefficient (Wildman–Crippen LogP) is 2.30. The molecule has 1 saturated heterocycles. The highest BCUT2D eigenvalue weighted by Crippen LogP contribution is 2.17. The lowest BCUT2D eigenvalue weighted by Crippen LogP contribution is -2.44. The summed E-state index contributed by atoms with van der Waals surface area (Å²) in [5, 5.41) is 3.01. The summed E-state index contributed by atoms with van der Waals surface area (Å²) in [6.07, 6.45) is 3.87. The number of hydrogen-bond donors (Lipinski definition) is 1. The lowest BCUT2D eigenvalue weighted by molar-refractivity contribution is 0.0927. The number of ether oxygens (including phenoxy) is 1. The van der Waals surface area contributed by atoms with E-state index < -0.39 is 0 Å². The second-order valence-corrected chi connectivity index (χ2v) is 5.36. The topological polar surface area (TPSA) is 41.6 Å². The number of nitrogens with zero attached hydrogens (tertiary/aromatic N) is 1. The molecule has 4 heteroatoms. The van der Waals surface area contributed by atoms with E-state index in [2.05, 4.69) is 17.1 Å². The number of carbonyl (C=O) groups is 1. The first-order chi connectivity index (χ1) is 9.72. The standard InChI is InChI=1S/C16H24N2O2/c1-13(18-10-6-3-7-11-18)12-17-16(19)14-8-4-5-9-15(14)20-2/h4-5,8-9,13H,3,6-7,10-12H2,1-2H3,(H,17,19). The number of nitrogens with one attached hydrogen (secondary N) is 1. The van der Waals surface area contributed by atoms with Gasteiger partial charge in [-0.05, 0) is 45.0 Å². The minimum absolute atomic E-state index is 0.0636. The highest BCUT2D eigenvalue weighted by molar-refractivity contribution is 5.96. The van der Waals surface area contributed by atoms with Gasteiger partial charge in [0.1, 0.15) is 5.75 Å². The quantitative estimate of drug-likeness (QED) is 0.897. The Labute approximate surface area is 121 Å². The third kappa shape index (κ3) is 3.73. The molecule has 0 bridgehead atoms. The van der Waals surface area contributed by atoms with Gasteiger partial charge in [0, 0.05) is 12.6 Å². The third-order valence-electron chi connectivity index (χ3n) is 3.92. The second kappa shape index (κ2) is 7.29. The SMILES string of the molecule is COc1ccccc1C(=O)NCC(C)N1CCCCC1. The van der Waals surface area contributed by atoms with Gasteiger partial charge in [-0.1, -0.05) is 18.6 Å². The molecule has 0 radical (unpaired) electrons. The van der Waals surface area contributed by atoms with E-state index in [4.69, 9.17) is 4.74 Å². The normalized spacial score (nSPS) is 17.5. The average Bonchev–Trinajstić information content (AvgIpc) is 2.53. The van der Waals surface area contributed by atoms with Crippen LogP contribution in [0.1, 0.15) is 36.5 Å². The fraction of sp³-hybridized carbons (Fsp3) is 0.562. The largest absolute Gasteiger partial charge is 0.496 e. The maximum Gasteiger partial charge on any atom is 0.255 e. The van der Waals surface area contributed by atoms with Crippen LogP contribution in [0.5, 0.6) is 5.75 Å². The molecule has 0 aromatic heterocycles. The van der Waals surface area contributed by atoms with Crippen molar-refractivity contribution in [2.24, 2.45) is 0 Å². The van der Waals surface area contributed by atoms with Crippen LogP contribution in [0.15, 0.2) is 24.3 Å². The van der Waals surface area contributed by atoms with E-state index >= 15 is 0 Å². The number of rotatable bonds is 5. The monoisotopic (exact) mass is 276 g/mol. The summed E-state index contributed by atoms with van der Waals surface area (Å²) in [5.41, 5.74) is 0.598. The van der Waals surface area contributed by atoms with Crippen LogP contribution in [0.3, 0.4) is 0 Å². The summed E-state index contributed by atoms with van der Waals surface area (Å²) in [7, 11) is 1.59. The van der Waals surface area contributed by atoms with Gasteiger partial charge in [-0.2, -0.15) is 0 Å². The Morgan fingerprint density at radius 1 is 1.30 bits per heavy atom. The van der Waals surface area contributed by atoms with E-state index in [9.17, 15) is 4.79 Å². The first-order valence-electron chi connectivity index (χ1n) is 7.37. The van der Waals surface area contributed by atoms with Crippen molar-refractivity contribution in [3.05, 3.63) is 29.8 Å². The Kier molecular flexibility index (Phi) is 5.41. The maximum atomic E-state index is 12.2. The van der Waals surface area contributed by atoms with E-state index in [-0.39, 0.29) is 5.91 Å². The molecule has 110 valence electrons. The Morgan fingerprint density at radius 3 is 2.70 bits per heavy atom. The zero-order chi connectivity index (χ0) is 14.4. The molecule has 1 fully saturated rings.